The second-order valence-electron chi connectivity index (χ2n) is 6.04. The van der Waals surface area contributed by atoms with E-state index >= 15 is 0 Å². The molecule has 126 valence electrons. The number of carbonyl (C=O) groups excluding carboxylic acids is 1. The number of hydrogen-bond acceptors (Lipinski definition) is 3. The van der Waals surface area contributed by atoms with E-state index in [0.29, 0.717) is 12.1 Å². The van der Waals surface area contributed by atoms with Gasteiger partial charge in [-0.25, -0.2) is 8.42 Å². The van der Waals surface area contributed by atoms with E-state index in [-0.39, 0.29) is 17.3 Å². The van der Waals surface area contributed by atoms with Crippen LogP contribution in [0.25, 0.3) is 0 Å². The Kier molecular flexibility index (Phi) is 4.43. The molecular weight excluding hydrogens is 324 g/mol. The van der Waals surface area contributed by atoms with E-state index in [1.54, 1.807) is 30.3 Å². The fourth-order valence-corrected chi connectivity index (χ4v) is 4.49. The monoisotopic (exact) mass is 344 g/mol. The Bertz CT molecular complexity index is 860. The molecule has 24 heavy (non-hydrogen) atoms. The molecule has 1 aliphatic heterocycles. The minimum atomic E-state index is -3.75. The molecule has 1 amide bonds. The van der Waals surface area contributed by atoms with Crippen molar-refractivity contribution in [1.82, 2.24) is 9.62 Å². The maximum atomic E-state index is 13.1. The van der Waals surface area contributed by atoms with Crippen molar-refractivity contribution in [3.8, 4) is 0 Å². The Balaban J connectivity index is 2.06. The van der Waals surface area contributed by atoms with Crippen LogP contribution in [0.15, 0.2) is 53.4 Å². The number of piperazine rings is 1. The number of aryl methyl sites for hydroxylation is 2. The van der Waals surface area contributed by atoms with Gasteiger partial charge in [-0.1, -0.05) is 47.5 Å². The molecule has 1 N–H and O–H groups in total. The molecule has 5 nitrogen and oxygen atoms in total. The maximum absolute atomic E-state index is 13.1. The summed E-state index contributed by atoms with van der Waals surface area (Å²) in [6, 6.07) is 13.3. The lowest BCUT2D eigenvalue weighted by Gasteiger charge is -2.34. The summed E-state index contributed by atoms with van der Waals surface area (Å²) in [6.45, 7) is 4.39. The molecule has 1 fully saturated rings. The van der Waals surface area contributed by atoms with Crippen molar-refractivity contribution in [2.45, 2.75) is 24.8 Å². The van der Waals surface area contributed by atoms with Crippen LogP contribution in [0.5, 0.6) is 0 Å². The molecule has 0 spiro atoms. The summed E-state index contributed by atoms with van der Waals surface area (Å²) in [5, 5.41) is 2.77. The van der Waals surface area contributed by atoms with Gasteiger partial charge in [0.05, 0.1) is 4.90 Å². The number of amides is 1. The van der Waals surface area contributed by atoms with Gasteiger partial charge < -0.3 is 5.32 Å². The van der Waals surface area contributed by atoms with Crippen molar-refractivity contribution in [2.24, 2.45) is 0 Å². The summed E-state index contributed by atoms with van der Waals surface area (Å²) in [6.07, 6.45) is 0. The fourth-order valence-electron chi connectivity index (χ4n) is 2.91. The fraction of sp³-hybridized carbons (Fsp3) is 0.278. The molecule has 1 aliphatic rings. The van der Waals surface area contributed by atoms with E-state index in [1.807, 2.05) is 32.0 Å². The molecule has 0 aliphatic carbocycles. The summed E-state index contributed by atoms with van der Waals surface area (Å²) in [5.74, 6) is -0.289. The van der Waals surface area contributed by atoms with Crippen molar-refractivity contribution in [1.29, 1.82) is 0 Å². The molecule has 0 radical (unpaired) electrons. The van der Waals surface area contributed by atoms with Gasteiger partial charge in [0, 0.05) is 13.1 Å². The first-order chi connectivity index (χ1) is 11.4. The summed E-state index contributed by atoms with van der Waals surface area (Å²) in [7, 11) is -3.75. The minimum absolute atomic E-state index is 0.209. The number of nitrogens with zero attached hydrogens (tertiary/aromatic N) is 1. The first-order valence-electron chi connectivity index (χ1n) is 7.82. The molecule has 0 bridgehead atoms. The summed E-state index contributed by atoms with van der Waals surface area (Å²) in [4.78, 5) is 12.6. The van der Waals surface area contributed by atoms with Gasteiger partial charge in [0.15, 0.2) is 0 Å². The average molecular weight is 344 g/mol. The van der Waals surface area contributed by atoms with Gasteiger partial charge in [0.1, 0.15) is 6.04 Å². The number of carbonyl (C=O) groups is 1. The van der Waals surface area contributed by atoms with E-state index in [4.69, 9.17) is 0 Å². The lowest BCUT2D eigenvalue weighted by molar-refractivity contribution is -0.126. The van der Waals surface area contributed by atoms with Crippen LogP contribution in [0.4, 0.5) is 0 Å². The lowest BCUT2D eigenvalue weighted by Crippen LogP contribution is -2.52. The van der Waals surface area contributed by atoms with E-state index in [1.165, 1.54) is 4.31 Å². The highest BCUT2D eigenvalue weighted by atomic mass is 32.2. The molecule has 3 rings (SSSR count). The number of benzene rings is 2. The molecule has 1 heterocycles. The zero-order chi connectivity index (χ0) is 17.3. The van der Waals surface area contributed by atoms with Crippen molar-refractivity contribution in [3.63, 3.8) is 0 Å². The quantitative estimate of drug-likeness (QED) is 0.928. The molecule has 1 saturated heterocycles. The Morgan fingerprint density at radius 2 is 1.75 bits per heavy atom. The molecule has 1 unspecified atom stereocenters. The zero-order valence-corrected chi connectivity index (χ0v) is 14.5. The number of nitrogens with one attached hydrogen (secondary N) is 1. The third kappa shape index (κ3) is 3.07. The number of rotatable bonds is 3. The number of hydrogen-bond donors (Lipinski definition) is 1. The van der Waals surface area contributed by atoms with Crippen LogP contribution in [0, 0.1) is 13.8 Å². The minimum Gasteiger partial charge on any atom is -0.353 e. The van der Waals surface area contributed by atoms with Crippen molar-refractivity contribution in [2.75, 3.05) is 13.1 Å². The molecule has 1 atom stereocenters. The first kappa shape index (κ1) is 16.7. The Morgan fingerprint density at radius 1 is 1.04 bits per heavy atom. The summed E-state index contributed by atoms with van der Waals surface area (Å²) in [5.41, 5.74) is 2.65. The average Bonchev–Trinajstić information content (AvgIpc) is 2.55. The zero-order valence-electron chi connectivity index (χ0n) is 13.7. The predicted molar refractivity (Wildman–Crippen MR) is 92.0 cm³/mol. The molecular formula is C18H20N2O3S. The van der Waals surface area contributed by atoms with Crippen LogP contribution < -0.4 is 5.32 Å². The van der Waals surface area contributed by atoms with Crippen LogP contribution in [0.2, 0.25) is 0 Å². The van der Waals surface area contributed by atoms with Crippen LogP contribution in [0.3, 0.4) is 0 Å². The van der Waals surface area contributed by atoms with E-state index in [2.05, 4.69) is 5.32 Å². The van der Waals surface area contributed by atoms with Gasteiger partial charge in [-0.15, -0.1) is 0 Å². The van der Waals surface area contributed by atoms with Crippen molar-refractivity contribution >= 4 is 15.9 Å². The van der Waals surface area contributed by atoms with Gasteiger partial charge in [0.25, 0.3) is 0 Å². The Morgan fingerprint density at radius 3 is 2.42 bits per heavy atom. The topological polar surface area (TPSA) is 66.5 Å². The molecule has 0 aromatic heterocycles. The first-order valence-corrected chi connectivity index (χ1v) is 9.26. The van der Waals surface area contributed by atoms with Gasteiger partial charge in [0.2, 0.25) is 15.9 Å². The molecule has 2 aromatic carbocycles. The van der Waals surface area contributed by atoms with Gasteiger partial charge in [-0.3, -0.25) is 4.79 Å². The maximum Gasteiger partial charge on any atom is 0.244 e. The third-order valence-corrected chi connectivity index (χ3v) is 6.03. The highest BCUT2D eigenvalue weighted by molar-refractivity contribution is 7.89. The van der Waals surface area contributed by atoms with Crippen LogP contribution in [-0.2, 0) is 14.8 Å². The normalized spacial score (nSPS) is 19.1. The van der Waals surface area contributed by atoms with Gasteiger partial charge in [-0.05, 0) is 31.5 Å². The van der Waals surface area contributed by atoms with Crippen molar-refractivity contribution in [3.05, 3.63) is 65.2 Å². The van der Waals surface area contributed by atoms with Crippen molar-refractivity contribution < 1.29 is 13.2 Å². The van der Waals surface area contributed by atoms with E-state index < -0.39 is 16.1 Å². The third-order valence-electron chi connectivity index (χ3n) is 4.15. The summed E-state index contributed by atoms with van der Waals surface area (Å²) < 4.78 is 27.4. The predicted octanol–water partition coefficient (Wildman–Crippen LogP) is 2.17. The standard InChI is InChI=1S/C18H20N2O3S/c1-13-6-8-16(9-7-13)24(22,23)20-11-10-19-18(21)17(20)15-5-3-4-14(2)12-15/h3-9,12,17H,10-11H2,1-2H3,(H,19,21). The van der Waals surface area contributed by atoms with Crippen LogP contribution in [-0.4, -0.2) is 31.7 Å². The highest BCUT2D eigenvalue weighted by Gasteiger charge is 2.39. The SMILES string of the molecule is Cc1ccc(S(=O)(=O)N2CCNC(=O)C2c2cccc(C)c2)cc1. The molecule has 6 heteroatoms. The highest BCUT2D eigenvalue weighted by Crippen LogP contribution is 2.30. The smallest absolute Gasteiger partial charge is 0.244 e. The Labute approximate surface area is 142 Å². The van der Waals surface area contributed by atoms with Gasteiger partial charge in [-0.2, -0.15) is 4.31 Å². The van der Waals surface area contributed by atoms with Crippen LogP contribution >= 0.6 is 0 Å². The lowest BCUT2D eigenvalue weighted by atomic mass is 10.0. The van der Waals surface area contributed by atoms with E-state index in [9.17, 15) is 13.2 Å². The van der Waals surface area contributed by atoms with E-state index in [0.717, 1.165) is 11.1 Å². The Hall–Kier alpha value is -2.18. The number of sulfonamides is 1. The molecule has 0 saturated carbocycles. The largest absolute Gasteiger partial charge is 0.353 e. The molecule has 2 aromatic rings. The van der Waals surface area contributed by atoms with Crippen LogP contribution in [0.1, 0.15) is 22.7 Å². The van der Waals surface area contributed by atoms with Gasteiger partial charge >= 0.3 is 0 Å². The second kappa shape index (κ2) is 6.37. The second-order valence-corrected chi connectivity index (χ2v) is 7.93. The summed E-state index contributed by atoms with van der Waals surface area (Å²) >= 11 is 0.